The van der Waals surface area contributed by atoms with Crippen molar-refractivity contribution in [1.82, 2.24) is 4.90 Å². The summed E-state index contributed by atoms with van der Waals surface area (Å²) in [5.41, 5.74) is 7.71. The van der Waals surface area contributed by atoms with Gasteiger partial charge in [-0.25, -0.2) is 0 Å². The first-order valence-corrected chi connectivity index (χ1v) is 4.00. The molecule has 2 N–H and O–H groups in total. The molecule has 0 aromatic carbocycles. The quantitative estimate of drug-likeness (QED) is 0.581. The van der Waals surface area contributed by atoms with Gasteiger partial charge in [-0.05, 0) is 18.6 Å². The second-order valence-corrected chi connectivity index (χ2v) is 3.02. The highest BCUT2D eigenvalue weighted by Gasteiger charge is 2.16. The molecule has 3 nitrogen and oxygen atoms in total. The van der Waals surface area contributed by atoms with Crippen LogP contribution >= 0.6 is 0 Å². The van der Waals surface area contributed by atoms with Gasteiger partial charge in [0.2, 0.25) is 5.91 Å². The first-order valence-electron chi connectivity index (χ1n) is 4.00. The molecule has 0 aromatic heterocycles. The normalized spacial score (nSPS) is 17.9. The lowest BCUT2D eigenvalue weighted by Gasteiger charge is -2.27. The predicted molar refractivity (Wildman–Crippen MR) is 48.3 cm³/mol. The molecular weight excluding hydrogens is 152 g/mol. The predicted octanol–water partition coefficient (Wildman–Crippen LogP) is 0.637. The van der Waals surface area contributed by atoms with E-state index in [1.54, 1.807) is 4.90 Å². The molecule has 0 unspecified atom stereocenters. The number of rotatable bonds is 1. The van der Waals surface area contributed by atoms with Gasteiger partial charge in [0.25, 0.3) is 0 Å². The summed E-state index contributed by atoms with van der Waals surface area (Å²) < 4.78 is 0. The van der Waals surface area contributed by atoms with Crippen molar-refractivity contribution in [1.29, 1.82) is 0 Å². The van der Waals surface area contributed by atoms with Gasteiger partial charge in [0.15, 0.2) is 0 Å². The Morgan fingerprint density at radius 1 is 1.75 bits per heavy atom. The van der Waals surface area contributed by atoms with E-state index in [0.29, 0.717) is 13.1 Å². The van der Waals surface area contributed by atoms with E-state index in [0.717, 1.165) is 17.7 Å². The van der Waals surface area contributed by atoms with E-state index in [1.807, 2.05) is 6.92 Å². The third-order valence-corrected chi connectivity index (χ3v) is 2.11. The molecule has 0 saturated carbocycles. The number of hydrogen-bond donors (Lipinski definition) is 1. The van der Waals surface area contributed by atoms with E-state index in [9.17, 15) is 4.79 Å². The van der Waals surface area contributed by atoms with Crippen molar-refractivity contribution in [3.8, 4) is 0 Å². The van der Waals surface area contributed by atoms with Gasteiger partial charge in [-0.3, -0.25) is 4.79 Å². The highest BCUT2D eigenvalue weighted by molar-refractivity contribution is 5.87. The van der Waals surface area contributed by atoms with Crippen LogP contribution in [0, 0.1) is 0 Å². The zero-order chi connectivity index (χ0) is 9.14. The Morgan fingerprint density at radius 3 is 2.92 bits per heavy atom. The van der Waals surface area contributed by atoms with Gasteiger partial charge in [0.1, 0.15) is 0 Å². The minimum atomic E-state index is -0.0122. The topological polar surface area (TPSA) is 46.3 Å². The largest absolute Gasteiger partial charge is 0.402 e. The van der Waals surface area contributed by atoms with Crippen molar-refractivity contribution in [2.24, 2.45) is 5.73 Å². The van der Waals surface area contributed by atoms with Crippen LogP contribution in [0.25, 0.3) is 0 Å². The maximum absolute atomic E-state index is 11.2. The summed E-state index contributed by atoms with van der Waals surface area (Å²) >= 11 is 0. The highest BCUT2D eigenvalue weighted by Crippen LogP contribution is 2.13. The second kappa shape index (κ2) is 3.43. The van der Waals surface area contributed by atoms with Crippen molar-refractivity contribution >= 4 is 5.91 Å². The molecule has 0 spiro atoms. The third-order valence-electron chi connectivity index (χ3n) is 2.11. The Kier molecular flexibility index (Phi) is 2.53. The van der Waals surface area contributed by atoms with Gasteiger partial charge < -0.3 is 10.6 Å². The summed E-state index contributed by atoms with van der Waals surface area (Å²) in [5, 5.41) is 0. The lowest BCUT2D eigenvalue weighted by molar-refractivity contribution is -0.125. The third kappa shape index (κ3) is 1.67. The summed E-state index contributed by atoms with van der Waals surface area (Å²) in [4.78, 5) is 12.9. The molecule has 1 heterocycles. The fourth-order valence-electron chi connectivity index (χ4n) is 1.25. The molecule has 0 radical (unpaired) electrons. The second-order valence-electron chi connectivity index (χ2n) is 3.02. The number of carbonyl (C=O) groups excluding carboxylic acids is 1. The van der Waals surface area contributed by atoms with Gasteiger partial charge in [0.05, 0.1) is 0 Å². The van der Waals surface area contributed by atoms with Gasteiger partial charge in [-0.15, -0.1) is 0 Å². The van der Waals surface area contributed by atoms with Crippen molar-refractivity contribution in [2.45, 2.75) is 13.3 Å². The lowest BCUT2D eigenvalue weighted by Crippen LogP contribution is -2.36. The van der Waals surface area contributed by atoms with E-state index in [4.69, 9.17) is 5.73 Å². The molecule has 12 heavy (non-hydrogen) atoms. The number of amides is 1. The first kappa shape index (κ1) is 8.84. The monoisotopic (exact) mass is 166 g/mol. The van der Waals surface area contributed by atoms with Crippen LogP contribution in [0.2, 0.25) is 0 Å². The minimum Gasteiger partial charge on any atom is -0.402 e. The number of hydrogen-bond acceptors (Lipinski definition) is 2. The Labute approximate surface area is 72.5 Å². The molecule has 1 aliphatic heterocycles. The summed E-state index contributed by atoms with van der Waals surface area (Å²) in [6.07, 6.45) is 2.13. The van der Waals surface area contributed by atoms with Gasteiger partial charge in [0, 0.05) is 25.2 Å². The van der Waals surface area contributed by atoms with Crippen LogP contribution in [-0.2, 0) is 4.79 Å². The smallest absolute Gasteiger partial charge is 0.246 e. The molecule has 0 saturated heterocycles. The van der Waals surface area contributed by atoms with Crippen LogP contribution in [0.5, 0.6) is 0 Å². The van der Waals surface area contributed by atoms with Crippen LogP contribution in [0.3, 0.4) is 0 Å². The molecule has 0 atom stereocenters. The molecule has 1 amide bonds. The number of carbonyl (C=O) groups is 1. The van der Waals surface area contributed by atoms with Crippen molar-refractivity contribution in [3.05, 3.63) is 23.9 Å². The van der Waals surface area contributed by atoms with E-state index < -0.39 is 0 Å². The zero-order valence-electron chi connectivity index (χ0n) is 7.34. The molecule has 66 valence electrons. The van der Waals surface area contributed by atoms with Crippen molar-refractivity contribution in [2.75, 3.05) is 13.1 Å². The van der Waals surface area contributed by atoms with Gasteiger partial charge in [-0.2, -0.15) is 0 Å². The average Bonchev–Trinajstić information content (AvgIpc) is 2.08. The fraction of sp³-hybridized carbons (Fsp3) is 0.444. The standard InChI is InChI=1S/C9H14N2O/c1-3-9(12)11-5-4-8(10)7(2)6-11/h3H,1,4-6,10H2,2H3. The zero-order valence-corrected chi connectivity index (χ0v) is 7.34. The molecule has 3 heteroatoms. The Morgan fingerprint density at radius 2 is 2.42 bits per heavy atom. The summed E-state index contributed by atoms with van der Waals surface area (Å²) in [6.45, 7) is 6.76. The number of nitrogens with two attached hydrogens (primary N) is 1. The average molecular weight is 166 g/mol. The first-order chi connectivity index (χ1) is 5.65. The van der Waals surface area contributed by atoms with Crippen molar-refractivity contribution < 1.29 is 4.79 Å². The van der Waals surface area contributed by atoms with Gasteiger partial charge in [-0.1, -0.05) is 6.58 Å². The van der Waals surface area contributed by atoms with Crippen molar-refractivity contribution in [3.63, 3.8) is 0 Å². The molecule has 0 bridgehead atoms. The Bertz CT molecular complexity index is 243. The van der Waals surface area contributed by atoms with Gasteiger partial charge >= 0.3 is 0 Å². The maximum atomic E-state index is 11.2. The maximum Gasteiger partial charge on any atom is 0.246 e. The number of nitrogens with zero attached hydrogens (tertiary/aromatic N) is 1. The minimum absolute atomic E-state index is 0.0122. The lowest BCUT2D eigenvalue weighted by atomic mass is 10.1. The van der Waals surface area contributed by atoms with E-state index in [2.05, 4.69) is 6.58 Å². The van der Waals surface area contributed by atoms with E-state index >= 15 is 0 Å². The Balaban J connectivity index is 2.66. The molecule has 0 aromatic rings. The van der Waals surface area contributed by atoms with E-state index in [-0.39, 0.29) is 5.91 Å². The van der Waals surface area contributed by atoms with Crippen LogP contribution in [0.15, 0.2) is 23.9 Å². The molecule has 0 fully saturated rings. The summed E-state index contributed by atoms with van der Waals surface area (Å²) in [6, 6.07) is 0. The van der Waals surface area contributed by atoms with Crippen LogP contribution in [0.4, 0.5) is 0 Å². The van der Waals surface area contributed by atoms with Crippen LogP contribution < -0.4 is 5.73 Å². The molecule has 0 aliphatic carbocycles. The highest BCUT2D eigenvalue weighted by atomic mass is 16.2. The van der Waals surface area contributed by atoms with Crippen LogP contribution in [-0.4, -0.2) is 23.9 Å². The summed E-state index contributed by atoms with van der Waals surface area (Å²) in [7, 11) is 0. The van der Waals surface area contributed by atoms with Crippen LogP contribution in [0.1, 0.15) is 13.3 Å². The molecule has 1 rings (SSSR count). The Hall–Kier alpha value is -1.25. The fourth-order valence-corrected chi connectivity index (χ4v) is 1.25. The SMILES string of the molecule is C=CC(=O)N1CCC(N)=C(C)C1. The summed E-state index contributed by atoms with van der Waals surface area (Å²) in [5.74, 6) is -0.0122. The molecular formula is C9H14N2O. The molecule has 1 aliphatic rings. The van der Waals surface area contributed by atoms with E-state index in [1.165, 1.54) is 6.08 Å².